The van der Waals surface area contributed by atoms with Crippen LogP contribution in [0.3, 0.4) is 0 Å². The maximum Gasteiger partial charge on any atom is 0.333 e. The van der Waals surface area contributed by atoms with Crippen molar-refractivity contribution >= 4 is 5.97 Å². The van der Waals surface area contributed by atoms with Crippen molar-refractivity contribution < 1.29 is 14.3 Å². The van der Waals surface area contributed by atoms with Gasteiger partial charge < -0.3 is 9.47 Å². The molecule has 0 aliphatic heterocycles. The highest BCUT2D eigenvalue weighted by molar-refractivity contribution is 5.86. The monoisotopic (exact) mass is 249 g/mol. The van der Waals surface area contributed by atoms with Crippen LogP contribution < -0.4 is 0 Å². The molecule has 4 nitrogen and oxygen atoms in total. The van der Waals surface area contributed by atoms with Crippen molar-refractivity contribution in [1.29, 1.82) is 0 Å². The lowest BCUT2D eigenvalue weighted by Crippen LogP contribution is -2.11. The number of rotatable bonds is 8. The van der Waals surface area contributed by atoms with Crippen molar-refractivity contribution in [3.8, 4) is 0 Å². The molecule has 0 atom stereocenters. The summed E-state index contributed by atoms with van der Waals surface area (Å²) in [6, 6.07) is 3.97. The Labute approximate surface area is 108 Å². The van der Waals surface area contributed by atoms with Crippen LogP contribution in [0.4, 0.5) is 0 Å². The smallest absolute Gasteiger partial charge is 0.333 e. The van der Waals surface area contributed by atoms with Crippen molar-refractivity contribution in [2.75, 3.05) is 19.8 Å². The SMILES string of the molecule is C=C(C)C(=O)OCCOCCCc1cccnc1. The van der Waals surface area contributed by atoms with E-state index in [1.54, 1.807) is 13.1 Å². The second-order valence-electron chi connectivity index (χ2n) is 3.99. The molecule has 0 aliphatic carbocycles. The van der Waals surface area contributed by atoms with Crippen LogP contribution in [-0.4, -0.2) is 30.8 Å². The molecule has 1 heterocycles. The molecular formula is C14H19NO3. The average molecular weight is 249 g/mol. The van der Waals surface area contributed by atoms with E-state index >= 15 is 0 Å². The fraction of sp³-hybridized carbons (Fsp3) is 0.429. The molecule has 1 rings (SSSR count). The van der Waals surface area contributed by atoms with E-state index < -0.39 is 0 Å². The number of pyridine rings is 1. The van der Waals surface area contributed by atoms with Crippen LogP contribution in [0.5, 0.6) is 0 Å². The normalized spacial score (nSPS) is 10.1. The van der Waals surface area contributed by atoms with Crippen LogP contribution in [0.1, 0.15) is 18.9 Å². The van der Waals surface area contributed by atoms with Crippen LogP contribution in [0, 0.1) is 0 Å². The van der Waals surface area contributed by atoms with Crippen LogP contribution in [0.2, 0.25) is 0 Å². The van der Waals surface area contributed by atoms with Crippen molar-refractivity contribution in [2.45, 2.75) is 19.8 Å². The van der Waals surface area contributed by atoms with Gasteiger partial charge in [0.15, 0.2) is 0 Å². The summed E-state index contributed by atoms with van der Waals surface area (Å²) in [5.74, 6) is -0.367. The maximum absolute atomic E-state index is 11.0. The predicted molar refractivity (Wildman–Crippen MR) is 69.2 cm³/mol. The van der Waals surface area contributed by atoms with E-state index in [4.69, 9.17) is 9.47 Å². The fourth-order valence-electron chi connectivity index (χ4n) is 1.34. The lowest BCUT2D eigenvalue weighted by molar-refractivity contribution is -0.140. The lowest BCUT2D eigenvalue weighted by Gasteiger charge is -2.05. The third kappa shape index (κ3) is 6.15. The van der Waals surface area contributed by atoms with Crippen LogP contribution in [0.25, 0.3) is 0 Å². The molecule has 0 radical (unpaired) electrons. The van der Waals surface area contributed by atoms with Gasteiger partial charge in [-0.1, -0.05) is 12.6 Å². The number of hydrogen-bond acceptors (Lipinski definition) is 4. The van der Waals surface area contributed by atoms with Gasteiger partial charge in [-0.15, -0.1) is 0 Å². The molecule has 4 heteroatoms. The molecular weight excluding hydrogens is 230 g/mol. The predicted octanol–water partition coefficient (Wildman–Crippen LogP) is 2.15. The second-order valence-corrected chi connectivity index (χ2v) is 3.99. The minimum atomic E-state index is -0.367. The minimum Gasteiger partial charge on any atom is -0.460 e. The number of carbonyl (C=O) groups excluding carboxylic acids is 1. The maximum atomic E-state index is 11.0. The molecule has 18 heavy (non-hydrogen) atoms. The minimum absolute atomic E-state index is 0.276. The van der Waals surface area contributed by atoms with Gasteiger partial charge in [-0.3, -0.25) is 4.98 Å². The second kappa shape index (κ2) is 8.42. The molecule has 1 aromatic heterocycles. The van der Waals surface area contributed by atoms with Gasteiger partial charge in [-0.25, -0.2) is 4.79 Å². The van der Waals surface area contributed by atoms with E-state index in [-0.39, 0.29) is 12.6 Å². The van der Waals surface area contributed by atoms with E-state index in [1.165, 1.54) is 5.56 Å². The zero-order chi connectivity index (χ0) is 13.2. The number of nitrogens with zero attached hydrogens (tertiary/aromatic N) is 1. The lowest BCUT2D eigenvalue weighted by atomic mass is 10.2. The highest BCUT2D eigenvalue weighted by atomic mass is 16.6. The van der Waals surface area contributed by atoms with Gasteiger partial charge in [0.25, 0.3) is 0 Å². The van der Waals surface area contributed by atoms with Gasteiger partial charge in [0.05, 0.1) is 6.61 Å². The third-order valence-corrected chi connectivity index (χ3v) is 2.29. The van der Waals surface area contributed by atoms with Crippen LogP contribution in [-0.2, 0) is 20.7 Å². The van der Waals surface area contributed by atoms with Crippen molar-refractivity contribution in [2.24, 2.45) is 0 Å². The van der Waals surface area contributed by atoms with E-state index in [1.807, 2.05) is 18.3 Å². The van der Waals surface area contributed by atoms with Gasteiger partial charge in [-0.05, 0) is 31.4 Å². The average Bonchev–Trinajstić information content (AvgIpc) is 2.38. The summed E-state index contributed by atoms with van der Waals surface area (Å²) in [4.78, 5) is 15.1. The van der Waals surface area contributed by atoms with E-state index in [0.717, 1.165) is 12.8 Å². The molecule has 0 N–H and O–H groups in total. The first-order chi connectivity index (χ1) is 8.70. The Morgan fingerprint density at radius 1 is 1.39 bits per heavy atom. The summed E-state index contributed by atoms with van der Waals surface area (Å²) in [6.45, 7) is 6.47. The Hall–Kier alpha value is -1.68. The van der Waals surface area contributed by atoms with Gasteiger partial charge in [0.2, 0.25) is 0 Å². The van der Waals surface area contributed by atoms with Gasteiger partial charge in [0, 0.05) is 24.6 Å². The van der Waals surface area contributed by atoms with Crippen molar-refractivity contribution in [1.82, 2.24) is 4.98 Å². The number of ether oxygens (including phenoxy) is 2. The Balaban J connectivity index is 1.96. The summed E-state index contributed by atoms with van der Waals surface area (Å²) >= 11 is 0. The van der Waals surface area contributed by atoms with E-state index in [0.29, 0.717) is 18.8 Å². The summed E-state index contributed by atoms with van der Waals surface area (Å²) in [7, 11) is 0. The van der Waals surface area contributed by atoms with Gasteiger partial charge in [-0.2, -0.15) is 0 Å². The fourth-order valence-corrected chi connectivity index (χ4v) is 1.34. The van der Waals surface area contributed by atoms with Gasteiger partial charge in [0.1, 0.15) is 6.61 Å². The zero-order valence-corrected chi connectivity index (χ0v) is 10.7. The molecule has 0 aliphatic rings. The Kier molecular flexibility index (Phi) is 6.72. The number of hydrogen-bond donors (Lipinski definition) is 0. The highest BCUT2D eigenvalue weighted by Gasteiger charge is 2.01. The Bertz CT molecular complexity index is 376. The summed E-state index contributed by atoms with van der Waals surface area (Å²) in [6.07, 6.45) is 5.49. The van der Waals surface area contributed by atoms with E-state index in [2.05, 4.69) is 11.6 Å². The Morgan fingerprint density at radius 3 is 2.89 bits per heavy atom. The molecule has 0 amide bonds. The zero-order valence-electron chi connectivity index (χ0n) is 10.7. The quantitative estimate of drug-likeness (QED) is 0.402. The molecule has 0 aromatic carbocycles. The molecule has 0 unspecified atom stereocenters. The molecule has 0 spiro atoms. The number of aryl methyl sites for hydroxylation is 1. The first kappa shape index (κ1) is 14.4. The summed E-state index contributed by atoms with van der Waals surface area (Å²) in [5.41, 5.74) is 1.61. The number of aromatic nitrogens is 1. The molecule has 1 aromatic rings. The first-order valence-corrected chi connectivity index (χ1v) is 5.99. The van der Waals surface area contributed by atoms with Crippen LogP contribution in [0.15, 0.2) is 36.7 Å². The van der Waals surface area contributed by atoms with Crippen molar-refractivity contribution in [3.05, 3.63) is 42.2 Å². The van der Waals surface area contributed by atoms with Crippen molar-refractivity contribution in [3.63, 3.8) is 0 Å². The number of esters is 1. The third-order valence-electron chi connectivity index (χ3n) is 2.29. The Morgan fingerprint density at radius 2 is 2.22 bits per heavy atom. The largest absolute Gasteiger partial charge is 0.460 e. The molecule has 98 valence electrons. The standard InChI is InChI=1S/C14H19NO3/c1-12(2)14(16)18-10-9-17-8-4-6-13-5-3-7-15-11-13/h3,5,7,11H,1,4,6,8-10H2,2H3. The summed E-state index contributed by atoms with van der Waals surface area (Å²) in [5, 5.41) is 0. The molecule has 0 fully saturated rings. The summed E-state index contributed by atoms with van der Waals surface area (Å²) < 4.78 is 10.3. The van der Waals surface area contributed by atoms with Gasteiger partial charge >= 0.3 is 5.97 Å². The van der Waals surface area contributed by atoms with Crippen LogP contribution >= 0.6 is 0 Å². The van der Waals surface area contributed by atoms with E-state index in [9.17, 15) is 4.79 Å². The molecule has 0 bridgehead atoms. The topological polar surface area (TPSA) is 48.4 Å². The molecule has 0 saturated heterocycles. The highest BCUT2D eigenvalue weighted by Crippen LogP contribution is 2.00. The first-order valence-electron chi connectivity index (χ1n) is 5.99. The molecule has 0 saturated carbocycles. The number of carbonyl (C=O) groups is 1.